The van der Waals surface area contributed by atoms with Gasteiger partial charge in [0.1, 0.15) is 6.07 Å². The zero-order valence-corrected chi connectivity index (χ0v) is 15.4. The standard InChI is InChI=1S/C23H19N3O2/c1-2-26(20-12-4-3-5-13-20)23(28)18-11-8-10-17(15-18)22(27)25-21-14-7-6-9-19(21)16-24/h3-15H,2H2,1H3,(H,25,27). The lowest BCUT2D eigenvalue weighted by molar-refractivity contribution is 0.0988. The molecule has 0 saturated carbocycles. The Balaban J connectivity index is 1.84. The second-order valence-electron chi connectivity index (χ2n) is 6.08. The number of hydrogen-bond acceptors (Lipinski definition) is 3. The number of carbonyl (C=O) groups excluding carboxylic acids is 2. The minimum atomic E-state index is -0.375. The summed E-state index contributed by atoms with van der Waals surface area (Å²) in [5, 5.41) is 11.9. The molecule has 0 bridgehead atoms. The van der Waals surface area contributed by atoms with Gasteiger partial charge >= 0.3 is 0 Å². The lowest BCUT2D eigenvalue weighted by Crippen LogP contribution is -2.30. The molecule has 28 heavy (non-hydrogen) atoms. The van der Waals surface area contributed by atoms with E-state index in [-0.39, 0.29) is 11.8 Å². The molecular formula is C23H19N3O2. The van der Waals surface area contributed by atoms with Crippen LogP contribution in [0.2, 0.25) is 0 Å². The molecule has 138 valence electrons. The largest absolute Gasteiger partial charge is 0.321 e. The third kappa shape index (κ3) is 4.08. The average molecular weight is 369 g/mol. The maximum absolute atomic E-state index is 13.0. The molecule has 1 N–H and O–H groups in total. The molecule has 0 aliphatic carbocycles. The summed E-state index contributed by atoms with van der Waals surface area (Å²) < 4.78 is 0. The predicted molar refractivity (Wildman–Crippen MR) is 109 cm³/mol. The fourth-order valence-electron chi connectivity index (χ4n) is 2.88. The van der Waals surface area contributed by atoms with Crippen molar-refractivity contribution < 1.29 is 9.59 Å². The van der Waals surface area contributed by atoms with Crippen molar-refractivity contribution in [3.05, 3.63) is 95.6 Å². The Kier molecular flexibility index (Phi) is 5.83. The molecule has 0 heterocycles. The number of hydrogen-bond donors (Lipinski definition) is 1. The van der Waals surface area contributed by atoms with Crippen molar-refractivity contribution in [2.24, 2.45) is 0 Å². The maximum Gasteiger partial charge on any atom is 0.258 e. The van der Waals surface area contributed by atoms with E-state index in [0.717, 1.165) is 5.69 Å². The minimum Gasteiger partial charge on any atom is -0.321 e. The molecule has 3 aromatic carbocycles. The van der Waals surface area contributed by atoms with E-state index in [4.69, 9.17) is 5.26 Å². The van der Waals surface area contributed by atoms with E-state index in [2.05, 4.69) is 5.32 Å². The number of para-hydroxylation sites is 2. The van der Waals surface area contributed by atoms with Crippen LogP contribution in [-0.4, -0.2) is 18.4 Å². The Morgan fingerprint density at radius 2 is 1.61 bits per heavy atom. The van der Waals surface area contributed by atoms with E-state index in [1.54, 1.807) is 53.4 Å². The van der Waals surface area contributed by atoms with Crippen LogP contribution in [0.25, 0.3) is 0 Å². The van der Waals surface area contributed by atoms with Crippen molar-refractivity contribution in [2.75, 3.05) is 16.8 Å². The average Bonchev–Trinajstić information content (AvgIpc) is 2.75. The second kappa shape index (κ2) is 8.65. The van der Waals surface area contributed by atoms with Crippen LogP contribution < -0.4 is 10.2 Å². The van der Waals surface area contributed by atoms with Crippen molar-refractivity contribution in [1.29, 1.82) is 5.26 Å². The van der Waals surface area contributed by atoms with Crippen LogP contribution in [0.1, 0.15) is 33.2 Å². The summed E-state index contributed by atoms with van der Waals surface area (Å²) in [7, 11) is 0. The van der Waals surface area contributed by atoms with Gasteiger partial charge in [-0.1, -0.05) is 36.4 Å². The Hall–Kier alpha value is -3.91. The van der Waals surface area contributed by atoms with Gasteiger partial charge in [0.15, 0.2) is 0 Å². The molecule has 0 aliphatic heterocycles. The van der Waals surface area contributed by atoms with Gasteiger partial charge in [0.05, 0.1) is 11.3 Å². The van der Waals surface area contributed by atoms with Gasteiger partial charge in [-0.15, -0.1) is 0 Å². The second-order valence-corrected chi connectivity index (χ2v) is 6.08. The van der Waals surface area contributed by atoms with E-state index in [1.807, 2.05) is 43.3 Å². The van der Waals surface area contributed by atoms with Gasteiger partial charge < -0.3 is 10.2 Å². The first-order valence-electron chi connectivity index (χ1n) is 8.91. The van der Waals surface area contributed by atoms with E-state index in [1.165, 1.54) is 0 Å². The van der Waals surface area contributed by atoms with Crippen LogP contribution in [-0.2, 0) is 0 Å². The summed E-state index contributed by atoms with van der Waals surface area (Å²) in [5.74, 6) is -0.555. The van der Waals surface area contributed by atoms with Crippen LogP contribution in [0.5, 0.6) is 0 Å². The topological polar surface area (TPSA) is 73.2 Å². The highest BCUT2D eigenvalue weighted by Crippen LogP contribution is 2.19. The highest BCUT2D eigenvalue weighted by molar-refractivity contribution is 6.09. The molecule has 0 saturated heterocycles. The highest BCUT2D eigenvalue weighted by atomic mass is 16.2. The van der Waals surface area contributed by atoms with E-state index >= 15 is 0 Å². The van der Waals surface area contributed by atoms with Gasteiger partial charge in [-0.3, -0.25) is 9.59 Å². The molecule has 0 aliphatic rings. The van der Waals surface area contributed by atoms with Gasteiger partial charge in [0.2, 0.25) is 0 Å². The molecule has 0 aromatic heterocycles. The zero-order chi connectivity index (χ0) is 19.9. The highest BCUT2D eigenvalue weighted by Gasteiger charge is 2.18. The monoisotopic (exact) mass is 369 g/mol. The molecule has 5 heteroatoms. The normalized spacial score (nSPS) is 10.0. The van der Waals surface area contributed by atoms with Gasteiger partial charge in [-0.2, -0.15) is 5.26 Å². The number of nitrogens with one attached hydrogen (secondary N) is 1. The zero-order valence-electron chi connectivity index (χ0n) is 15.4. The Bertz CT molecular complexity index is 1040. The third-order valence-electron chi connectivity index (χ3n) is 4.30. The summed E-state index contributed by atoms with van der Waals surface area (Å²) in [6.45, 7) is 2.41. The number of rotatable bonds is 5. The van der Waals surface area contributed by atoms with Crippen molar-refractivity contribution in [2.45, 2.75) is 6.92 Å². The number of nitrogens with zero attached hydrogens (tertiary/aromatic N) is 2. The smallest absolute Gasteiger partial charge is 0.258 e. The lowest BCUT2D eigenvalue weighted by Gasteiger charge is -2.21. The molecule has 3 rings (SSSR count). The van der Waals surface area contributed by atoms with Gasteiger partial charge in [0, 0.05) is 23.4 Å². The molecule has 5 nitrogen and oxygen atoms in total. The SMILES string of the molecule is CCN(C(=O)c1cccc(C(=O)Nc2ccccc2C#N)c1)c1ccccc1. The van der Waals surface area contributed by atoms with Crippen LogP contribution in [0.3, 0.4) is 0 Å². The van der Waals surface area contributed by atoms with Gasteiger partial charge in [-0.25, -0.2) is 0 Å². The van der Waals surface area contributed by atoms with Crippen LogP contribution in [0.4, 0.5) is 11.4 Å². The van der Waals surface area contributed by atoms with Crippen molar-refractivity contribution >= 4 is 23.2 Å². The fourth-order valence-corrected chi connectivity index (χ4v) is 2.88. The predicted octanol–water partition coefficient (Wildman–Crippen LogP) is 4.48. The summed E-state index contributed by atoms with van der Waals surface area (Å²) in [6.07, 6.45) is 0. The molecule has 0 unspecified atom stereocenters. The van der Waals surface area contributed by atoms with Crippen molar-refractivity contribution in [3.8, 4) is 6.07 Å². The first-order valence-corrected chi connectivity index (χ1v) is 8.91. The van der Waals surface area contributed by atoms with Gasteiger partial charge in [0.25, 0.3) is 11.8 Å². The summed E-state index contributed by atoms with van der Waals surface area (Å²) in [5.41, 5.74) is 2.39. The number of amides is 2. The fraction of sp³-hybridized carbons (Fsp3) is 0.0870. The molecule has 0 radical (unpaired) electrons. The number of nitriles is 1. The van der Waals surface area contributed by atoms with Crippen molar-refractivity contribution in [1.82, 2.24) is 0 Å². The number of benzene rings is 3. The van der Waals surface area contributed by atoms with Crippen molar-refractivity contribution in [3.63, 3.8) is 0 Å². The van der Waals surface area contributed by atoms with E-state index in [0.29, 0.717) is 28.9 Å². The van der Waals surface area contributed by atoms with Crippen LogP contribution in [0.15, 0.2) is 78.9 Å². The number of carbonyl (C=O) groups is 2. The van der Waals surface area contributed by atoms with E-state index in [9.17, 15) is 9.59 Å². The van der Waals surface area contributed by atoms with Gasteiger partial charge in [-0.05, 0) is 49.4 Å². The Labute approximate surface area is 163 Å². The molecule has 0 spiro atoms. The molecule has 3 aromatic rings. The number of anilines is 2. The van der Waals surface area contributed by atoms with Crippen LogP contribution >= 0.6 is 0 Å². The Morgan fingerprint density at radius 1 is 0.929 bits per heavy atom. The lowest BCUT2D eigenvalue weighted by atomic mass is 10.1. The first kappa shape index (κ1) is 18.9. The van der Waals surface area contributed by atoms with Crippen LogP contribution in [0, 0.1) is 11.3 Å². The molecule has 0 atom stereocenters. The summed E-state index contributed by atoms with van der Waals surface area (Å²) >= 11 is 0. The quantitative estimate of drug-likeness (QED) is 0.721. The minimum absolute atomic E-state index is 0.180. The molecule has 0 fully saturated rings. The summed E-state index contributed by atoms with van der Waals surface area (Å²) in [4.78, 5) is 27.2. The Morgan fingerprint density at radius 3 is 2.32 bits per heavy atom. The third-order valence-corrected chi connectivity index (χ3v) is 4.30. The van der Waals surface area contributed by atoms with E-state index < -0.39 is 0 Å². The summed E-state index contributed by atoms with van der Waals surface area (Å²) in [6, 6.07) is 24.8. The first-order chi connectivity index (χ1) is 13.6. The molecule has 2 amide bonds. The maximum atomic E-state index is 13.0. The molecular weight excluding hydrogens is 350 g/mol.